The van der Waals surface area contributed by atoms with E-state index >= 15 is 0 Å². The van der Waals surface area contributed by atoms with Crippen molar-refractivity contribution in [2.24, 2.45) is 13.0 Å². The molecule has 1 heterocycles. The molecule has 0 radical (unpaired) electrons. The fraction of sp³-hybridized carbons (Fsp3) is 0.438. The van der Waals surface area contributed by atoms with Crippen molar-refractivity contribution in [2.75, 3.05) is 13.0 Å². The van der Waals surface area contributed by atoms with Crippen molar-refractivity contribution in [3.63, 3.8) is 0 Å². The highest BCUT2D eigenvalue weighted by atomic mass is 35.5. The molecular weight excluding hydrogens is 272 g/mol. The Balaban J connectivity index is 1.89. The number of hydrogen-bond acceptors (Lipinski definition) is 2. The normalized spacial score (nSPS) is 12.3. The number of aromatic nitrogens is 2. The summed E-state index contributed by atoms with van der Waals surface area (Å²) in [6, 6.07) is 8.22. The molecule has 0 aliphatic rings. The minimum Gasteiger partial charge on any atom is -0.497 e. The van der Waals surface area contributed by atoms with Gasteiger partial charge in [0.2, 0.25) is 0 Å². The van der Waals surface area contributed by atoms with Gasteiger partial charge in [0.25, 0.3) is 0 Å². The van der Waals surface area contributed by atoms with Crippen molar-refractivity contribution in [2.45, 2.75) is 19.3 Å². The molecule has 0 fully saturated rings. The van der Waals surface area contributed by atoms with Gasteiger partial charge in [-0.3, -0.25) is 0 Å². The van der Waals surface area contributed by atoms with Crippen molar-refractivity contribution in [1.82, 2.24) is 9.55 Å². The van der Waals surface area contributed by atoms with Gasteiger partial charge in [0.1, 0.15) is 11.6 Å². The van der Waals surface area contributed by atoms with Crippen molar-refractivity contribution >= 4 is 11.6 Å². The molecule has 20 heavy (non-hydrogen) atoms. The van der Waals surface area contributed by atoms with Crippen LogP contribution in [0.2, 0.25) is 0 Å². The Morgan fingerprint density at radius 1 is 1.30 bits per heavy atom. The van der Waals surface area contributed by atoms with Crippen LogP contribution in [0.25, 0.3) is 0 Å². The number of rotatable bonds is 7. The highest BCUT2D eigenvalue weighted by Gasteiger charge is 2.10. The molecule has 2 aromatic rings. The predicted octanol–water partition coefficient (Wildman–Crippen LogP) is 3.46. The van der Waals surface area contributed by atoms with Crippen LogP contribution in [0.4, 0.5) is 0 Å². The molecule has 0 saturated heterocycles. The average molecular weight is 293 g/mol. The predicted molar refractivity (Wildman–Crippen MR) is 82.4 cm³/mol. The first-order chi connectivity index (χ1) is 9.72. The SMILES string of the molecule is COc1ccc(CC(CCl)CCc2nccn2C)cc1. The van der Waals surface area contributed by atoms with Crippen LogP contribution in [0.15, 0.2) is 36.7 Å². The summed E-state index contributed by atoms with van der Waals surface area (Å²) >= 11 is 6.10. The lowest BCUT2D eigenvalue weighted by Gasteiger charge is -2.14. The standard InChI is InChI=1S/C16H21ClN2O/c1-19-10-9-18-16(19)8-5-14(12-17)11-13-3-6-15(20-2)7-4-13/h3-4,6-7,9-10,14H,5,8,11-12H2,1-2H3. The van der Waals surface area contributed by atoms with Crippen LogP contribution in [-0.2, 0) is 19.9 Å². The minimum absolute atomic E-state index is 0.474. The topological polar surface area (TPSA) is 27.1 Å². The molecule has 0 N–H and O–H groups in total. The number of hydrogen-bond donors (Lipinski definition) is 0. The van der Waals surface area contributed by atoms with Gasteiger partial charge in [-0.2, -0.15) is 0 Å². The Labute approximate surface area is 125 Å². The molecule has 1 aromatic heterocycles. The maximum absolute atomic E-state index is 6.10. The minimum atomic E-state index is 0.474. The number of aryl methyl sites for hydroxylation is 2. The molecule has 0 amide bonds. The summed E-state index contributed by atoms with van der Waals surface area (Å²) in [4.78, 5) is 4.36. The molecule has 1 unspecified atom stereocenters. The van der Waals surface area contributed by atoms with Gasteiger partial charge in [0.15, 0.2) is 0 Å². The Morgan fingerprint density at radius 2 is 2.05 bits per heavy atom. The van der Waals surface area contributed by atoms with Crippen molar-refractivity contribution in [3.05, 3.63) is 48.0 Å². The third-order valence-corrected chi connectivity index (χ3v) is 4.04. The van der Waals surface area contributed by atoms with Gasteiger partial charge in [0.05, 0.1) is 7.11 Å². The molecule has 0 aliphatic carbocycles. The van der Waals surface area contributed by atoms with E-state index in [1.54, 1.807) is 7.11 Å². The van der Waals surface area contributed by atoms with E-state index in [1.165, 1.54) is 5.56 Å². The molecule has 0 spiro atoms. The molecule has 0 bridgehead atoms. The van der Waals surface area contributed by atoms with E-state index in [2.05, 4.69) is 21.7 Å². The number of ether oxygens (including phenoxy) is 1. The lowest BCUT2D eigenvalue weighted by atomic mass is 9.96. The Bertz CT molecular complexity index is 522. The van der Waals surface area contributed by atoms with E-state index in [9.17, 15) is 0 Å². The lowest BCUT2D eigenvalue weighted by Crippen LogP contribution is -2.10. The van der Waals surface area contributed by atoms with Gasteiger partial charge in [-0.1, -0.05) is 12.1 Å². The second kappa shape index (κ2) is 7.34. The number of imidazole rings is 1. The zero-order valence-corrected chi connectivity index (χ0v) is 12.8. The van der Waals surface area contributed by atoms with Crippen molar-refractivity contribution in [3.8, 4) is 5.75 Å². The van der Waals surface area contributed by atoms with E-state index in [-0.39, 0.29) is 0 Å². The van der Waals surface area contributed by atoms with Crippen LogP contribution >= 0.6 is 11.6 Å². The lowest BCUT2D eigenvalue weighted by molar-refractivity contribution is 0.414. The van der Waals surface area contributed by atoms with Crippen molar-refractivity contribution in [1.29, 1.82) is 0 Å². The Kier molecular flexibility index (Phi) is 5.48. The van der Waals surface area contributed by atoms with E-state index in [4.69, 9.17) is 16.3 Å². The fourth-order valence-electron chi connectivity index (χ4n) is 2.30. The molecule has 3 nitrogen and oxygen atoms in total. The van der Waals surface area contributed by atoms with E-state index in [0.29, 0.717) is 11.8 Å². The average Bonchev–Trinajstić information content (AvgIpc) is 2.89. The second-order valence-electron chi connectivity index (χ2n) is 5.07. The maximum Gasteiger partial charge on any atom is 0.118 e. The summed E-state index contributed by atoms with van der Waals surface area (Å²) in [7, 11) is 3.71. The van der Waals surface area contributed by atoms with Crippen LogP contribution in [0.5, 0.6) is 5.75 Å². The summed E-state index contributed by atoms with van der Waals surface area (Å²) in [6.45, 7) is 0. The zero-order chi connectivity index (χ0) is 14.4. The Hall–Kier alpha value is -1.48. The second-order valence-corrected chi connectivity index (χ2v) is 5.37. The van der Waals surface area contributed by atoms with Gasteiger partial charge < -0.3 is 9.30 Å². The van der Waals surface area contributed by atoms with E-state index in [1.807, 2.05) is 31.6 Å². The monoisotopic (exact) mass is 292 g/mol. The number of halogens is 1. The summed E-state index contributed by atoms with van der Waals surface area (Å²) < 4.78 is 7.24. The molecule has 2 rings (SSSR count). The summed E-state index contributed by atoms with van der Waals surface area (Å²) in [5.41, 5.74) is 1.30. The molecular formula is C16H21ClN2O. The summed E-state index contributed by atoms with van der Waals surface area (Å²) in [5, 5.41) is 0. The third-order valence-electron chi connectivity index (χ3n) is 3.60. The fourth-order valence-corrected chi connectivity index (χ4v) is 2.56. The van der Waals surface area contributed by atoms with Crippen LogP contribution in [0.3, 0.4) is 0 Å². The maximum atomic E-state index is 6.10. The summed E-state index contributed by atoms with van der Waals surface area (Å²) in [6.07, 6.45) is 6.85. The summed E-state index contributed by atoms with van der Waals surface area (Å²) in [5.74, 6) is 3.16. The largest absolute Gasteiger partial charge is 0.497 e. The molecule has 108 valence electrons. The first kappa shape index (κ1) is 14.9. The molecule has 0 saturated carbocycles. The van der Waals surface area contributed by atoms with E-state index in [0.717, 1.165) is 30.8 Å². The molecule has 1 aromatic carbocycles. The van der Waals surface area contributed by atoms with Gasteiger partial charge in [-0.15, -0.1) is 11.6 Å². The first-order valence-electron chi connectivity index (χ1n) is 6.88. The molecule has 4 heteroatoms. The number of methoxy groups -OCH3 is 1. The van der Waals surface area contributed by atoms with Crippen LogP contribution in [0.1, 0.15) is 17.8 Å². The number of nitrogens with zero attached hydrogens (tertiary/aromatic N) is 2. The quantitative estimate of drug-likeness (QED) is 0.731. The van der Waals surface area contributed by atoms with Crippen LogP contribution in [0, 0.1) is 5.92 Å². The van der Waals surface area contributed by atoms with Gasteiger partial charge in [-0.05, 0) is 36.5 Å². The molecule has 1 atom stereocenters. The first-order valence-corrected chi connectivity index (χ1v) is 7.41. The van der Waals surface area contributed by atoms with Gasteiger partial charge in [-0.25, -0.2) is 4.98 Å². The van der Waals surface area contributed by atoms with Crippen LogP contribution < -0.4 is 4.74 Å². The van der Waals surface area contributed by atoms with Gasteiger partial charge >= 0.3 is 0 Å². The highest BCUT2D eigenvalue weighted by molar-refractivity contribution is 6.18. The smallest absolute Gasteiger partial charge is 0.118 e. The van der Waals surface area contributed by atoms with Crippen LogP contribution in [-0.4, -0.2) is 22.5 Å². The van der Waals surface area contributed by atoms with Gasteiger partial charge in [0, 0.05) is 31.7 Å². The molecule has 0 aliphatic heterocycles. The highest BCUT2D eigenvalue weighted by Crippen LogP contribution is 2.19. The third kappa shape index (κ3) is 4.01. The number of alkyl halides is 1. The number of benzene rings is 1. The Morgan fingerprint density at radius 3 is 2.60 bits per heavy atom. The zero-order valence-electron chi connectivity index (χ0n) is 12.1. The van der Waals surface area contributed by atoms with E-state index < -0.39 is 0 Å². The van der Waals surface area contributed by atoms with Crippen molar-refractivity contribution < 1.29 is 4.74 Å².